The molecule has 3 aromatic carbocycles. The largest absolute Gasteiger partial charge is 0.497 e. The second-order valence-electron chi connectivity index (χ2n) is 6.95. The van der Waals surface area contributed by atoms with Crippen LogP contribution in [0.4, 0.5) is 5.69 Å². The fourth-order valence-corrected chi connectivity index (χ4v) is 3.17. The number of methoxy groups -OCH3 is 1. The lowest BCUT2D eigenvalue weighted by atomic mass is 10.0. The Balaban J connectivity index is 1.53. The molecule has 0 spiro atoms. The van der Waals surface area contributed by atoms with Gasteiger partial charge in [-0.3, -0.25) is 4.79 Å². The van der Waals surface area contributed by atoms with E-state index in [9.17, 15) is 10.1 Å². The highest BCUT2D eigenvalue weighted by molar-refractivity contribution is 6.07. The summed E-state index contributed by atoms with van der Waals surface area (Å²) in [5.74, 6) is 1.98. The van der Waals surface area contributed by atoms with E-state index in [4.69, 9.17) is 14.2 Å². The summed E-state index contributed by atoms with van der Waals surface area (Å²) in [4.78, 5) is 12.8. The van der Waals surface area contributed by atoms with Crippen molar-refractivity contribution < 1.29 is 19.0 Å². The predicted octanol–water partition coefficient (Wildman–Crippen LogP) is 5.35. The van der Waals surface area contributed by atoms with Crippen LogP contribution in [-0.4, -0.2) is 19.6 Å². The molecule has 1 heterocycles. The van der Waals surface area contributed by atoms with Crippen LogP contribution in [0.2, 0.25) is 0 Å². The number of anilines is 1. The summed E-state index contributed by atoms with van der Waals surface area (Å²) in [6.07, 6.45) is 3.42. The molecule has 0 saturated heterocycles. The van der Waals surface area contributed by atoms with Crippen LogP contribution in [0.1, 0.15) is 5.56 Å². The van der Waals surface area contributed by atoms with Gasteiger partial charge in [-0.1, -0.05) is 30.3 Å². The maximum absolute atomic E-state index is 12.8. The maximum Gasteiger partial charge on any atom is 0.266 e. The minimum atomic E-state index is -0.530. The molecule has 1 aliphatic heterocycles. The van der Waals surface area contributed by atoms with Gasteiger partial charge in [-0.05, 0) is 54.1 Å². The Hall–Kier alpha value is -4.50. The van der Waals surface area contributed by atoms with Gasteiger partial charge in [-0.25, -0.2) is 0 Å². The number of hydrogen-bond donors (Lipinski definition) is 1. The lowest BCUT2D eigenvalue weighted by Gasteiger charge is -2.17. The Kier molecular flexibility index (Phi) is 6.19. The number of carbonyl (C=O) groups is 1. The number of hydrogen-bond acceptors (Lipinski definition) is 5. The average molecular weight is 424 g/mol. The molecule has 4 rings (SSSR count). The Morgan fingerprint density at radius 2 is 1.84 bits per heavy atom. The highest BCUT2D eigenvalue weighted by Gasteiger charge is 2.16. The monoisotopic (exact) mass is 424 g/mol. The normalized spacial score (nSPS) is 12.5. The van der Waals surface area contributed by atoms with Crippen LogP contribution >= 0.6 is 0 Å². The zero-order valence-electron chi connectivity index (χ0n) is 17.4. The molecule has 32 heavy (non-hydrogen) atoms. The summed E-state index contributed by atoms with van der Waals surface area (Å²) in [5, 5.41) is 12.3. The van der Waals surface area contributed by atoms with Crippen molar-refractivity contribution in [3.63, 3.8) is 0 Å². The zero-order chi connectivity index (χ0) is 22.3. The molecule has 158 valence electrons. The molecule has 1 amide bonds. The number of nitrogens with one attached hydrogen (secondary N) is 1. The highest BCUT2D eigenvalue weighted by atomic mass is 16.5. The topological polar surface area (TPSA) is 80.6 Å². The highest BCUT2D eigenvalue weighted by Crippen LogP contribution is 2.32. The number of ether oxygens (including phenoxy) is 3. The van der Waals surface area contributed by atoms with E-state index in [2.05, 4.69) is 5.32 Å². The molecule has 0 radical (unpaired) electrons. The average Bonchev–Trinajstić information content (AvgIpc) is 2.84. The third-order valence-electron chi connectivity index (χ3n) is 4.76. The van der Waals surface area contributed by atoms with Crippen LogP contribution < -0.4 is 19.5 Å². The molecule has 6 heteroatoms. The number of amides is 1. The first-order valence-corrected chi connectivity index (χ1v) is 9.93. The fourth-order valence-electron chi connectivity index (χ4n) is 3.17. The Morgan fingerprint density at radius 3 is 2.62 bits per heavy atom. The molecule has 6 nitrogen and oxygen atoms in total. The van der Waals surface area contributed by atoms with Gasteiger partial charge in [0, 0.05) is 11.6 Å². The molecular weight excluding hydrogens is 404 g/mol. The molecule has 0 fully saturated rings. The van der Waals surface area contributed by atoms with Gasteiger partial charge >= 0.3 is 0 Å². The second kappa shape index (κ2) is 9.54. The molecule has 0 bridgehead atoms. The minimum Gasteiger partial charge on any atom is -0.497 e. The minimum absolute atomic E-state index is 0.0358. The Labute approximate surface area is 186 Å². The van der Waals surface area contributed by atoms with Gasteiger partial charge in [-0.2, -0.15) is 5.26 Å². The van der Waals surface area contributed by atoms with Gasteiger partial charge in [0.1, 0.15) is 35.5 Å². The zero-order valence-corrected chi connectivity index (χ0v) is 17.4. The standard InChI is InChI=1S/C26H20N2O4/c1-30-22-12-11-19-13-18(17-31-25(19)15-22)14-20(16-27)26(29)28-23-9-5-6-10-24(23)32-21-7-3-2-4-8-21/h2-15H,17H2,1H3,(H,28,29)/b20-14+. The maximum atomic E-state index is 12.8. The van der Waals surface area contributed by atoms with Gasteiger partial charge in [0.2, 0.25) is 0 Å². The van der Waals surface area contributed by atoms with Crippen molar-refractivity contribution in [3.8, 4) is 29.1 Å². The summed E-state index contributed by atoms with van der Waals surface area (Å²) in [7, 11) is 1.59. The second-order valence-corrected chi connectivity index (χ2v) is 6.95. The van der Waals surface area contributed by atoms with E-state index in [0.29, 0.717) is 34.3 Å². The molecule has 0 saturated carbocycles. The summed E-state index contributed by atoms with van der Waals surface area (Å²) >= 11 is 0. The Bertz CT molecular complexity index is 1240. The predicted molar refractivity (Wildman–Crippen MR) is 122 cm³/mol. The van der Waals surface area contributed by atoms with E-state index in [0.717, 1.165) is 5.56 Å². The number of nitriles is 1. The van der Waals surface area contributed by atoms with Crippen LogP contribution in [0, 0.1) is 11.3 Å². The Morgan fingerprint density at radius 1 is 1.06 bits per heavy atom. The van der Waals surface area contributed by atoms with E-state index < -0.39 is 5.91 Å². The summed E-state index contributed by atoms with van der Waals surface area (Å²) < 4.78 is 16.8. The SMILES string of the molecule is COc1ccc2c(c1)OCC(/C=C(\C#N)C(=O)Nc1ccccc1Oc1ccccc1)=C2. The summed E-state index contributed by atoms with van der Waals surface area (Å²) in [6, 6.07) is 23.8. The van der Waals surface area contributed by atoms with Gasteiger partial charge in [0.25, 0.3) is 5.91 Å². The molecule has 1 N–H and O–H groups in total. The van der Waals surface area contributed by atoms with Crippen LogP contribution in [0.25, 0.3) is 6.08 Å². The van der Waals surface area contributed by atoms with Crippen LogP contribution in [0.15, 0.2) is 90.0 Å². The molecule has 0 unspecified atom stereocenters. The first-order chi connectivity index (χ1) is 15.7. The van der Waals surface area contributed by atoms with Gasteiger partial charge in [-0.15, -0.1) is 0 Å². The van der Waals surface area contributed by atoms with Crippen molar-refractivity contribution in [2.24, 2.45) is 0 Å². The van der Waals surface area contributed by atoms with E-state index in [1.807, 2.05) is 60.7 Å². The summed E-state index contributed by atoms with van der Waals surface area (Å²) in [5.41, 5.74) is 1.99. The molecular formula is C26H20N2O4. The number of rotatable bonds is 6. The van der Waals surface area contributed by atoms with Gasteiger partial charge < -0.3 is 19.5 Å². The van der Waals surface area contributed by atoms with Gasteiger partial charge in [0.15, 0.2) is 5.75 Å². The number of fused-ring (bicyclic) bond motifs is 1. The van der Waals surface area contributed by atoms with E-state index in [-0.39, 0.29) is 12.2 Å². The van der Waals surface area contributed by atoms with Crippen molar-refractivity contribution in [1.29, 1.82) is 5.26 Å². The number of carbonyl (C=O) groups excluding carboxylic acids is 1. The number of nitrogens with zero attached hydrogens (tertiary/aromatic N) is 1. The molecule has 0 aromatic heterocycles. The van der Waals surface area contributed by atoms with Crippen LogP contribution in [-0.2, 0) is 4.79 Å². The van der Waals surface area contributed by atoms with E-state index >= 15 is 0 Å². The number of para-hydroxylation sites is 3. The third-order valence-corrected chi connectivity index (χ3v) is 4.76. The molecule has 0 atom stereocenters. The van der Waals surface area contributed by atoms with E-state index in [1.54, 1.807) is 31.4 Å². The van der Waals surface area contributed by atoms with Crippen molar-refractivity contribution in [2.75, 3.05) is 19.0 Å². The quantitative estimate of drug-likeness (QED) is 0.426. The van der Waals surface area contributed by atoms with Gasteiger partial charge in [0.05, 0.1) is 12.8 Å². The summed E-state index contributed by atoms with van der Waals surface area (Å²) in [6.45, 7) is 0.242. The number of benzene rings is 3. The molecule has 3 aromatic rings. The van der Waals surface area contributed by atoms with E-state index in [1.165, 1.54) is 6.08 Å². The first-order valence-electron chi connectivity index (χ1n) is 9.93. The van der Waals surface area contributed by atoms with Crippen LogP contribution in [0.3, 0.4) is 0 Å². The fraction of sp³-hybridized carbons (Fsp3) is 0.0769. The molecule has 0 aliphatic carbocycles. The molecule has 1 aliphatic rings. The van der Waals surface area contributed by atoms with Crippen molar-refractivity contribution >= 4 is 17.7 Å². The van der Waals surface area contributed by atoms with Crippen molar-refractivity contribution in [1.82, 2.24) is 0 Å². The van der Waals surface area contributed by atoms with Crippen molar-refractivity contribution in [3.05, 3.63) is 95.6 Å². The lowest BCUT2D eigenvalue weighted by molar-refractivity contribution is -0.112. The third kappa shape index (κ3) is 4.79. The van der Waals surface area contributed by atoms with Crippen LogP contribution in [0.5, 0.6) is 23.0 Å². The lowest BCUT2D eigenvalue weighted by Crippen LogP contribution is -2.15. The first kappa shape index (κ1) is 20.8. The smallest absolute Gasteiger partial charge is 0.266 e. The van der Waals surface area contributed by atoms with Crippen molar-refractivity contribution in [2.45, 2.75) is 0 Å².